The predicted molar refractivity (Wildman–Crippen MR) is 92.5 cm³/mol. The van der Waals surface area contributed by atoms with Gasteiger partial charge in [-0.25, -0.2) is 0 Å². The highest BCUT2D eigenvalue weighted by atomic mass is 35.5. The molecule has 0 aromatic heterocycles. The quantitative estimate of drug-likeness (QED) is 0.637. The number of non-ortho nitro benzene ring substituents is 1. The Balaban J connectivity index is 0.00000264. The van der Waals surface area contributed by atoms with Gasteiger partial charge < -0.3 is 10.6 Å². The molecule has 1 aliphatic rings. The van der Waals surface area contributed by atoms with Crippen molar-refractivity contribution in [2.45, 2.75) is 32.7 Å². The normalized spacial score (nSPS) is 19.5. The molecule has 0 spiro atoms. The van der Waals surface area contributed by atoms with Crippen LogP contribution in [0.1, 0.15) is 37.0 Å². The van der Waals surface area contributed by atoms with Crippen molar-refractivity contribution in [3.8, 4) is 0 Å². The second-order valence-corrected chi connectivity index (χ2v) is 6.70. The maximum absolute atomic E-state index is 12.2. The lowest BCUT2D eigenvalue weighted by Crippen LogP contribution is -2.52. The summed E-state index contributed by atoms with van der Waals surface area (Å²) >= 11 is 5.84. The fourth-order valence-corrected chi connectivity index (χ4v) is 2.96. The zero-order valence-electron chi connectivity index (χ0n) is 13.1. The zero-order valence-corrected chi connectivity index (χ0v) is 14.7. The van der Waals surface area contributed by atoms with Crippen LogP contribution in [0.3, 0.4) is 0 Å². The summed E-state index contributed by atoms with van der Waals surface area (Å²) in [5.41, 5.74) is 0.118. The smallest absolute Gasteiger partial charge is 0.271 e. The number of halogens is 2. The number of rotatable bonds is 4. The maximum atomic E-state index is 12.2. The molecule has 2 rings (SSSR count). The molecule has 0 radical (unpaired) electrons. The van der Waals surface area contributed by atoms with Gasteiger partial charge in [0.2, 0.25) is 0 Å². The van der Waals surface area contributed by atoms with Crippen LogP contribution >= 0.6 is 24.0 Å². The van der Waals surface area contributed by atoms with Gasteiger partial charge in [-0.15, -0.1) is 12.4 Å². The van der Waals surface area contributed by atoms with Crippen LogP contribution < -0.4 is 10.6 Å². The lowest BCUT2D eigenvalue weighted by Gasteiger charge is -2.39. The SMILES string of the molecule is CC1(C)CCCNC1CNC(=O)c1cc(Cl)cc([N+](=O)[O-])c1.Cl. The Morgan fingerprint density at radius 1 is 1.48 bits per heavy atom. The fourth-order valence-electron chi connectivity index (χ4n) is 2.73. The third-order valence-electron chi connectivity index (χ3n) is 4.15. The Morgan fingerprint density at radius 3 is 2.78 bits per heavy atom. The molecule has 8 heteroatoms. The second kappa shape index (κ2) is 7.95. The van der Waals surface area contributed by atoms with Crippen LogP contribution in [-0.2, 0) is 0 Å². The summed E-state index contributed by atoms with van der Waals surface area (Å²) in [5, 5.41) is 17.2. The van der Waals surface area contributed by atoms with E-state index in [9.17, 15) is 14.9 Å². The molecule has 23 heavy (non-hydrogen) atoms. The maximum Gasteiger partial charge on any atom is 0.271 e. The van der Waals surface area contributed by atoms with Crippen molar-refractivity contribution >= 4 is 35.6 Å². The van der Waals surface area contributed by atoms with Gasteiger partial charge in [-0.05, 0) is 30.9 Å². The number of carbonyl (C=O) groups excluding carboxylic acids is 1. The number of piperidine rings is 1. The van der Waals surface area contributed by atoms with Crippen molar-refractivity contribution in [3.05, 3.63) is 38.9 Å². The largest absolute Gasteiger partial charge is 0.350 e. The van der Waals surface area contributed by atoms with Gasteiger partial charge in [0, 0.05) is 35.3 Å². The van der Waals surface area contributed by atoms with Gasteiger partial charge in [-0.3, -0.25) is 14.9 Å². The molecule has 128 valence electrons. The highest BCUT2D eigenvalue weighted by Crippen LogP contribution is 2.29. The Morgan fingerprint density at radius 2 is 2.17 bits per heavy atom. The Kier molecular flexibility index (Phi) is 6.80. The Labute approximate surface area is 146 Å². The molecule has 2 N–H and O–H groups in total. The monoisotopic (exact) mass is 361 g/mol. The second-order valence-electron chi connectivity index (χ2n) is 6.26. The van der Waals surface area contributed by atoms with E-state index in [-0.39, 0.29) is 46.0 Å². The summed E-state index contributed by atoms with van der Waals surface area (Å²) in [7, 11) is 0. The molecule has 0 aliphatic carbocycles. The summed E-state index contributed by atoms with van der Waals surface area (Å²) in [6, 6.07) is 4.08. The highest BCUT2D eigenvalue weighted by Gasteiger charge is 2.32. The third-order valence-corrected chi connectivity index (χ3v) is 4.37. The first kappa shape index (κ1) is 19.7. The van der Waals surface area contributed by atoms with Gasteiger partial charge in [0.05, 0.1) is 4.92 Å². The molecule has 1 heterocycles. The van der Waals surface area contributed by atoms with Crippen LogP contribution in [-0.4, -0.2) is 30.0 Å². The molecule has 1 aliphatic heterocycles. The van der Waals surface area contributed by atoms with Crippen molar-refractivity contribution in [1.82, 2.24) is 10.6 Å². The van der Waals surface area contributed by atoms with Gasteiger partial charge in [0.1, 0.15) is 0 Å². The van der Waals surface area contributed by atoms with Crippen LogP contribution in [0.15, 0.2) is 18.2 Å². The average molecular weight is 362 g/mol. The van der Waals surface area contributed by atoms with Gasteiger partial charge in [-0.2, -0.15) is 0 Å². The van der Waals surface area contributed by atoms with E-state index in [1.807, 2.05) is 0 Å². The van der Waals surface area contributed by atoms with Crippen LogP contribution in [0.2, 0.25) is 5.02 Å². The standard InChI is InChI=1S/C15H20ClN3O3.ClH/c1-15(2)4-3-5-17-13(15)9-18-14(20)10-6-11(16)8-12(7-10)19(21)22;/h6-8,13,17H,3-5,9H2,1-2H3,(H,18,20);1H. The number of nitro benzene ring substituents is 1. The van der Waals surface area contributed by atoms with Crippen LogP contribution in [0.25, 0.3) is 0 Å². The number of nitro groups is 1. The molecule has 0 bridgehead atoms. The van der Waals surface area contributed by atoms with E-state index in [0.29, 0.717) is 6.54 Å². The molecular weight excluding hydrogens is 341 g/mol. The first-order valence-electron chi connectivity index (χ1n) is 7.26. The molecule has 0 saturated carbocycles. The molecule has 1 unspecified atom stereocenters. The van der Waals surface area contributed by atoms with Crippen molar-refractivity contribution in [1.29, 1.82) is 0 Å². The highest BCUT2D eigenvalue weighted by molar-refractivity contribution is 6.31. The molecule has 1 saturated heterocycles. The van der Waals surface area contributed by atoms with Crippen molar-refractivity contribution in [2.24, 2.45) is 5.41 Å². The molecule has 1 fully saturated rings. The Bertz CT molecular complexity index is 593. The molecule has 1 atom stereocenters. The van der Waals surface area contributed by atoms with Gasteiger partial charge in [0.15, 0.2) is 0 Å². The van der Waals surface area contributed by atoms with E-state index in [2.05, 4.69) is 24.5 Å². The van der Waals surface area contributed by atoms with E-state index in [4.69, 9.17) is 11.6 Å². The Hall–Kier alpha value is -1.37. The van der Waals surface area contributed by atoms with Crippen LogP contribution in [0, 0.1) is 15.5 Å². The summed E-state index contributed by atoms with van der Waals surface area (Å²) < 4.78 is 0. The number of hydrogen-bond donors (Lipinski definition) is 2. The minimum absolute atomic E-state index is 0. The van der Waals surface area contributed by atoms with Crippen molar-refractivity contribution in [2.75, 3.05) is 13.1 Å². The minimum Gasteiger partial charge on any atom is -0.350 e. The molecule has 1 aromatic rings. The van der Waals surface area contributed by atoms with Crippen molar-refractivity contribution in [3.63, 3.8) is 0 Å². The first-order valence-corrected chi connectivity index (χ1v) is 7.64. The number of amides is 1. The van der Waals surface area contributed by atoms with Gasteiger partial charge >= 0.3 is 0 Å². The van der Waals surface area contributed by atoms with E-state index in [1.54, 1.807) is 0 Å². The molecular formula is C15H21Cl2N3O3. The summed E-state index contributed by atoms with van der Waals surface area (Å²) in [5.74, 6) is -0.353. The molecule has 1 amide bonds. The lowest BCUT2D eigenvalue weighted by atomic mass is 9.77. The number of hydrogen-bond acceptors (Lipinski definition) is 4. The van der Waals surface area contributed by atoms with Gasteiger partial charge in [-0.1, -0.05) is 25.4 Å². The summed E-state index contributed by atoms with van der Waals surface area (Å²) in [4.78, 5) is 22.5. The van der Waals surface area contributed by atoms with E-state index in [0.717, 1.165) is 19.4 Å². The topological polar surface area (TPSA) is 84.3 Å². The molecule has 1 aromatic carbocycles. The van der Waals surface area contributed by atoms with E-state index in [1.165, 1.54) is 18.2 Å². The number of carbonyl (C=O) groups is 1. The number of benzene rings is 1. The summed E-state index contributed by atoms with van der Waals surface area (Å²) in [6.07, 6.45) is 2.22. The third kappa shape index (κ3) is 5.06. The van der Waals surface area contributed by atoms with E-state index < -0.39 is 4.92 Å². The van der Waals surface area contributed by atoms with E-state index >= 15 is 0 Å². The number of nitrogens with one attached hydrogen (secondary N) is 2. The first-order chi connectivity index (χ1) is 10.3. The zero-order chi connectivity index (χ0) is 16.3. The van der Waals surface area contributed by atoms with Crippen molar-refractivity contribution < 1.29 is 9.72 Å². The predicted octanol–water partition coefficient (Wildman–Crippen LogP) is 3.18. The minimum atomic E-state index is -0.561. The number of nitrogens with zero attached hydrogens (tertiary/aromatic N) is 1. The van der Waals surface area contributed by atoms with Crippen LogP contribution in [0.4, 0.5) is 5.69 Å². The van der Waals surface area contributed by atoms with Crippen LogP contribution in [0.5, 0.6) is 0 Å². The van der Waals surface area contributed by atoms with Gasteiger partial charge in [0.25, 0.3) is 11.6 Å². The molecule has 6 nitrogen and oxygen atoms in total. The fraction of sp³-hybridized carbons (Fsp3) is 0.533. The average Bonchev–Trinajstić information content (AvgIpc) is 2.44. The lowest BCUT2D eigenvalue weighted by molar-refractivity contribution is -0.384. The summed E-state index contributed by atoms with van der Waals surface area (Å²) in [6.45, 7) is 5.75.